The molecule has 1 aliphatic heterocycles. The molecule has 0 bridgehead atoms. The van der Waals surface area contributed by atoms with E-state index in [0.717, 1.165) is 23.6 Å². The summed E-state index contributed by atoms with van der Waals surface area (Å²) in [5, 5.41) is 3.05. The van der Waals surface area contributed by atoms with E-state index < -0.39 is 32.5 Å². The van der Waals surface area contributed by atoms with Gasteiger partial charge in [0, 0.05) is 13.1 Å². The highest BCUT2D eigenvalue weighted by molar-refractivity contribution is 7.92. The number of benzene rings is 3. The Morgan fingerprint density at radius 3 is 2.17 bits per heavy atom. The highest BCUT2D eigenvalue weighted by atomic mass is 35.5. The van der Waals surface area contributed by atoms with Crippen LogP contribution in [0.15, 0.2) is 82.6 Å². The van der Waals surface area contributed by atoms with Crippen LogP contribution < -0.4 is 14.4 Å². The van der Waals surface area contributed by atoms with Crippen molar-refractivity contribution < 1.29 is 26.4 Å². The standard InChI is InChI=1S/C27H29Cl2N3O6S2/c28-25-14-9-21(19-26(25)29)32(40(36,37)23-7-3-1-4-8-23)20-27(33)30-15-18-38-22-10-12-24(13-11-22)39(34,35)31-16-5-2-6-17-31/h1,3-4,7-14,19H,2,5-6,15-18,20H2,(H,30,33). The third kappa shape index (κ3) is 7.27. The van der Waals surface area contributed by atoms with Crippen LogP contribution in [0.25, 0.3) is 0 Å². The van der Waals surface area contributed by atoms with Gasteiger partial charge in [-0.25, -0.2) is 16.8 Å². The summed E-state index contributed by atoms with van der Waals surface area (Å²) in [6.07, 6.45) is 2.75. The average Bonchev–Trinajstić information content (AvgIpc) is 2.96. The van der Waals surface area contributed by atoms with Gasteiger partial charge in [-0.3, -0.25) is 9.10 Å². The molecule has 1 N–H and O–H groups in total. The molecule has 0 atom stereocenters. The number of sulfonamides is 2. The summed E-state index contributed by atoms with van der Waals surface area (Å²) < 4.78 is 60.5. The fraction of sp³-hybridized carbons (Fsp3) is 0.296. The third-order valence-corrected chi connectivity index (χ3v) is 10.7. The predicted octanol–water partition coefficient (Wildman–Crippen LogP) is 4.56. The molecule has 0 radical (unpaired) electrons. The van der Waals surface area contributed by atoms with Crippen molar-refractivity contribution in [2.24, 2.45) is 0 Å². The summed E-state index contributed by atoms with van der Waals surface area (Å²) in [7, 11) is -7.63. The van der Waals surface area contributed by atoms with Crippen LogP contribution in [0.2, 0.25) is 10.0 Å². The molecule has 40 heavy (non-hydrogen) atoms. The molecule has 0 aromatic heterocycles. The second-order valence-electron chi connectivity index (χ2n) is 9.06. The van der Waals surface area contributed by atoms with Crippen LogP contribution in [0.4, 0.5) is 5.69 Å². The molecule has 1 saturated heterocycles. The maximum Gasteiger partial charge on any atom is 0.264 e. The quantitative estimate of drug-likeness (QED) is 0.313. The smallest absolute Gasteiger partial charge is 0.264 e. The topological polar surface area (TPSA) is 113 Å². The van der Waals surface area contributed by atoms with E-state index in [1.807, 2.05) is 0 Å². The zero-order valence-corrected chi connectivity index (χ0v) is 24.6. The Bertz CT molecular complexity index is 1530. The van der Waals surface area contributed by atoms with Gasteiger partial charge >= 0.3 is 0 Å². The van der Waals surface area contributed by atoms with Crippen molar-refractivity contribution in [3.8, 4) is 5.75 Å². The Kier molecular flexibility index (Phi) is 9.96. The monoisotopic (exact) mass is 625 g/mol. The summed E-state index contributed by atoms with van der Waals surface area (Å²) in [6.45, 7) is 0.721. The Morgan fingerprint density at radius 2 is 1.52 bits per heavy atom. The van der Waals surface area contributed by atoms with Crippen molar-refractivity contribution in [2.45, 2.75) is 29.1 Å². The summed E-state index contributed by atoms with van der Waals surface area (Å²) >= 11 is 12.1. The zero-order chi connectivity index (χ0) is 28.8. The molecular formula is C27H29Cl2N3O6S2. The van der Waals surface area contributed by atoms with E-state index in [1.54, 1.807) is 30.3 Å². The van der Waals surface area contributed by atoms with Gasteiger partial charge in [0.1, 0.15) is 18.9 Å². The van der Waals surface area contributed by atoms with Crippen LogP contribution in [0, 0.1) is 0 Å². The second-order valence-corrected chi connectivity index (χ2v) is 13.7. The highest BCUT2D eigenvalue weighted by Gasteiger charge is 2.28. The minimum atomic E-state index is -4.09. The van der Waals surface area contributed by atoms with E-state index in [0.29, 0.717) is 18.8 Å². The molecule has 0 aliphatic carbocycles. The molecule has 3 aromatic carbocycles. The lowest BCUT2D eigenvalue weighted by Crippen LogP contribution is -2.41. The van der Waals surface area contributed by atoms with Crippen LogP contribution in [0.5, 0.6) is 5.75 Å². The minimum Gasteiger partial charge on any atom is -0.492 e. The van der Waals surface area contributed by atoms with Crippen molar-refractivity contribution in [2.75, 3.05) is 37.1 Å². The van der Waals surface area contributed by atoms with E-state index in [-0.39, 0.29) is 38.7 Å². The number of hydrogen-bond acceptors (Lipinski definition) is 6. The van der Waals surface area contributed by atoms with E-state index >= 15 is 0 Å². The van der Waals surface area contributed by atoms with Crippen molar-refractivity contribution >= 4 is 54.8 Å². The van der Waals surface area contributed by atoms with Crippen molar-refractivity contribution in [1.29, 1.82) is 0 Å². The van der Waals surface area contributed by atoms with Crippen molar-refractivity contribution in [3.05, 3.63) is 82.8 Å². The van der Waals surface area contributed by atoms with Crippen LogP contribution >= 0.6 is 23.2 Å². The van der Waals surface area contributed by atoms with Gasteiger partial charge in [-0.05, 0) is 67.4 Å². The van der Waals surface area contributed by atoms with Gasteiger partial charge in [-0.1, -0.05) is 47.8 Å². The number of rotatable bonds is 11. The number of nitrogens with zero attached hydrogens (tertiary/aromatic N) is 2. The predicted molar refractivity (Wildman–Crippen MR) is 155 cm³/mol. The molecule has 214 valence electrons. The van der Waals surface area contributed by atoms with Crippen molar-refractivity contribution in [1.82, 2.24) is 9.62 Å². The number of carbonyl (C=O) groups is 1. The van der Waals surface area contributed by atoms with Crippen molar-refractivity contribution in [3.63, 3.8) is 0 Å². The number of anilines is 1. The second kappa shape index (κ2) is 13.2. The summed E-state index contributed by atoms with van der Waals surface area (Å²) in [5.74, 6) is -0.118. The van der Waals surface area contributed by atoms with Gasteiger partial charge in [0.05, 0.1) is 32.1 Å². The van der Waals surface area contributed by atoms with Gasteiger partial charge in [0.15, 0.2) is 0 Å². The number of hydrogen-bond donors (Lipinski definition) is 1. The fourth-order valence-electron chi connectivity index (χ4n) is 4.18. The molecule has 13 heteroatoms. The maximum absolute atomic E-state index is 13.4. The molecule has 4 rings (SSSR count). The summed E-state index contributed by atoms with van der Waals surface area (Å²) in [4.78, 5) is 13.0. The SMILES string of the molecule is O=C(CN(c1ccc(Cl)c(Cl)c1)S(=O)(=O)c1ccccc1)NCCOc1ccc(S(=O)(=O)N2CCCCC2)cc1. The first-order valence-corrected chi connectivity index (χ1v) is 16.3. The first-order chi connectivity index (χ1) is 19.1. The third-order valence-electron chi connectivity index (χ3n) is 6.28. The van der Waals surface area contributed by atoms with E-state index in [4.69, 9.17) is 27.9 Å². The molecule has 9 nitrogen and oxygen atoms in total. The largest absolute Gasteiger partial charge is 0.492 e. The Morgan fingerprint density at radius 1 is 0.850 bits per heavy atom. The Labute approximate surface area is 244 Å². The number of nitrogens with one attached hydrogen (secondary N) is 1. The zero-order valence-electron chi connectivity index (χ0n) is 21.5. The lowest BCUT2D eigenvalue weighted by Gasteiger charge is -2.25. The first kappa shape index (κ1) is 30.1. The van der Waals surface area contributed by atoms with Crippen LogP contribution in [0.3, 0.4) is 0 Å². The van der Waals surface area contributed by atoms with E-state index in [9.17, 15) is 21.6 Å². The van der Waals surface area contributed by atoms with Crippen LogP contribution in [-0.2, 0) is 24.8 Å². The maximum atomic E-state index is 13.4. The summed E-state index contributed by atoms with van der Waals surface area (Å²) in [5.41, 5.74) is 0.184. The number of ether oxygens (including phenoxy) is 1. The molecule has 1 aliphatic rings. The van der Waals surface area contributed by atoms with E-state index in [2.05, 4.69) is 5.32 Å². The Hall–Kier alpha value is -2.83. The average molecular weight is 627 g/mol. The molecular weight excluding hydrogens is 597 g/mol. The lowest BCUT2D eigenvalue weighted by molar-refractivity contribution is -0.119. The van der Waals surface area contributed by atoms with Crippen LogP contribution in [0.1, 0.15) is 19.3 Å². The highest BCUT2D eigenvalue weighted by Crippen LogP contribution is 2.30. The molecule has 1 amide bonds. The minimum absolute atomic E-state index is 0.0166. The first-order valence-electron chi connectivity index (χ1n) is 12.6. The van der Waals surface area contributed by atoms with Gasteiger partial charge < -0.3 is 10.1 Å². The molecule has 3 aromatic rings. The normalized spacial score (nSPS) is 14.4. The molecule has 0 unspecified atom stereocenters. The number of piperidine rings is 1. The lowest BCUT2D eigenvalue weighted by atomic mass is 10.2. The van der Waals surface area contributed by atoms with Gasteiger partial charge in [0.25, 0.3) is 10.0 Å². The molecule has 1 heterocycles. The molecule has 0 spiro atoms. The molecule has 1 fully saturated rings. The van der Waals surface area contributed by atoms with Gasteiger partial charge in [-0.15, -0.1) is 0 Å². The van der Waals surface area contributed by atoms with Gasteiger partial charge in [0.2, 0.25) is 15.9 Å². The van der Waals surface area contributed by atoms with E-state index in [1.165, 1.54) is 46.8 Å². The Balaban J connectivity index is 1.36. The fourth-order valence-corrected chi connectivity index (χ4v) is 7.43. The molecule has 0 saturated carbocycles. The number of carbonyl (C=O) groups excluding carboxylic acids is 1. The van der Waals surface area contributed by atoms with Gasteiger partial charge in [-0.2, -0.15) is 4.31 Å². The number of halogens is 2. The number of amides is 1. The van der Waals surface area contributed by atoms with Crippen LogP contribution in [-0.4, -0.2) is 59.8 Å². The summed E-state index contributed by atoms with van der Waals surface area (Å²) in [6, 6.07) is 18.2.